The summed E-state index contributed by atoms with van der Waals surface area (Å²) in [5.74, 6) is 0.501. The molecule has 0 aliphatic heterocycles. The zero-order chi connectivity index (χ0) is 10.8. The first kappa shape index (κ1) is 11.5. The van der Waals surface area contributed by atoms with Crippen molar-refractivity contribution >= 4 is 5.91 Å². The SMILES string of the molecule is CCCC(CC)C(=O)NC1CC1(C)C. The summed E-state index contributed by atoms with van der Waals surface area (Å²) in [7, 11) is 0. The monoisotopic (exact) mass is 197 g/mol. The lowest BCUT2D eigenvalue weighted by Gasteiger charge is -2.14. The van der Waals surface area contributed by atoms with E-state index in [2.05, 4.69) is 33.0 Å². The van der Waals surface area contributed by atoms with Gasteiger partial charge in [-0.15, -0.1) is 0 Å². The highest BCUT2D eigenvalue weighted by Crippen LogP contribution is 2.44. The smallest absolute Gasteiger partial charge is 0.223 e. The van der Waals surface area contributed by atoms with Crippen molar-refractivity contribution in [2.75, 3.05) is 0 Å². The maximum atomic E-state index is 11.8. The van der Waals surface area contributed by atoms with Crippen LogP contribution in [0.5, 0.6) is 0 Å². The van der Waals surface area contributed by atoms with Gasteiger partial charge in [0.05, 0.1) is 0 Å². The highest BCUT2D eigenvalue weighted by atomic mass is 16.2. The van der Waals surface area contributed by atoms with Crippen molar-refractivity contribution in [3.8, 4) is 0 Å². The van der Waals surface area contributed by atoms with Gasteiger partial charge in [0, 0.05) is 12.0 Å². The molecule has 14 heavy (non-hydrogen) atoms. The fraction of sp³-hybridized carbons (Fsp3) is 0.917. The molecule has 1 aliphatic rings. The van der Waals surface area contributed by atoms with Gasteiger partial charge in [0.25, 0.3) is 0 Å². The van der Waals surface area contributed by atoms with E-state index in [0.717, 1.165) is 25.7 Å². The quantitative estimate of drug-likeness (QED) is 0.721. The van der Waals surface area contributed by atoms with E-state index in [1.165, 1.54) is 0 Å². The molecule has 1 amide bonds. The van der Waals surface area contributed by atoms with Crippen LogP contribution in [0.15, 0.2) is 0 Å². The predicted octanol–water partition coefficient (Wildman–Crippen LogP) is 2.73. The van der Waals surface area contributed by atoms with E-state index in [1.54, 1.807) is 0 Å². The van der Waals surface area contributed by atoms with Crippen molar-refractivity contribution < 1.29 is 4.79 Å². The van der Waals surface area contributed by atoms with E-state index in [9.17, 15) is 4.79 Å². The molecule has 0 radical (unpaired) electrons. The molecule has 2 atom stereocenters. The fourth-order valence-corrected chi connectivity index (χ4v) is 1.87. The molecule has 1 fully saturated rings. The zero-order valence-electron chi connectivity index (χ0n) is 9.89. The molecule has 0 aromatic heterocycles. The lowest BCUT2D eigenvalue weighted by molar-refractivity contribution is -0.125. The maximum Gasteiger partial charge on any atom is 0.223 e. The lowest BCUT2D eigenvalue weighted by Crippen LogP contribution is -2.33. The number of carbonyl (C=O) groups excluding carboxylic acids is 1. The van der Waals surface area contributed by atoms with Gasteiger partial charge in [0.15, 0.2) is 0 Å². The van der Waals surface area contributed by atoms with Crippen molar-refractivity contribution in [3.63, 3.8) is 0 Å². The third-order valence-corrected chi connectivity index (χ3v) is 3.33. The van der Waals surface area contributed by atoms with Crippen LogP contribution in [0.3, 0.4) is 0 Å². The molecular formula is C12H23NO. The largest absolute Gasteiger partial charge is 0.353 e. The Kier molecular flexibility index (Phi) is 3.57. The van der Waals surface area contributed by atoms with Crippen molar-refractivity contribution in [2.24, 2.45) is 11.3 Å². The normalized spacial score (nSPS) is 25.6. The van der Waals surface area contributed by atoms with Gasteiger partial charge in [-0.05, 0) is 24.7 Å². The Labute approximate surface area is 87.5 Å². The van der Waals surface area contributed by atoms with E-state index in [4.69, 9.17) is 0 Å². The van der Waals surface area contributed by atoms with Crippen molar-refractivity contribution in [1.29, 1.82) is 0 Å². The van der Waals surface area contributed by atoms with Crippen LogP contribution in [0, 0.1) is 11.3 Å². The first-order valence-electron chi connectivity index (χ1n) is 5.81. The summed E-state index contributed by atoms with van der Waals surface area (Å²) in [6, 6.07) is 0.431. The number of hydrogen-bond donors (Lipinski definition) is 1. The Morgan fingerprint density at radius 1 is 1.50 bits per heavy atom. The summed E-state index contributed by atoms with van der Waals surface area (Å²) >= 11 is 0. The molecule has 0 spiro atoms. The molecule has 0 aromatic carbocycles. The molecule has 0 aromatic rings. The fourth-order valence-electron chi connectivity index (χ4n) is 1.87. The highest BCUT2D eigenvalue weighted by molar-refractivity contribution is 5.79. The topological polar surface area (TPSA) is 29.1 Å². The molecular weight excluding hydrogens is 174 g/mol. The third-order valence-electron chi connectivity index (χ3n) is 3.33. The molecule has 82 valence electrons. The lowest BCUT2D eigenvalue weighted by atomic mass is 10.00. The van der Waals surface area contributed by atoms with Crippen LogP contribution in [0.25, 0.3) is 0 Å². The Bertz CT molecular complexity index is 210. The van der Waals surface area contributed by atoms with Gasteiger partial charge < -0.3 is 5.32 Å². The standard InChI is InChI=1S/C12H23NO/c1-5-7-9(6-2)11(14)13-10-8-12(10,3)4/h9-10H,5-8H2,1-4H3,(H,13,14). The first-order chi connectivity index (χ1) is 6.51. The van der Waals surface area contributed by atoms with Gasteiger partial charge in [-0.1, -0.05) is 34.1 Å². The van der Waals surface area contributed by atoms with E-state index >= 15 is 0 Å². The summed E-state index contributed by atoms with van der Waals surface area (Å²) in [4.78, 5) is 11.8. The number of carbonyl (C=O) groups is 1. The second-order valence-electron chi connectivity index (χ2n) is 5.15. The summed E-state index contributed by atoms with van der Waals surface area (Å²) in [5.41, 5.74) is 0.347. The van der Waals surface area contributed by atoms with Crippen LogP contribution in [-0.2, 0) is 4.79 Å². The van der Waals surface area contributed by atoms with Gasteiger partial charge in [-0.3, -0.25) is 4.79 Å². The Morgan fingerprint density at radius 3 is 2.43 bits per heavy atom. The maximum absolute atomic E-state index is 11.8. The summed E-state index contributed by atoms with van der Waals surface area (Å²) in [5, 5.41) is 3.14. The predicted molar refractivity (Wildman–Crippen MR) is 59.0 cm³/mol. The first-order valence-corrected chi connectivity index (χ1v) is 5.81. The molecule has 1 aliphatic carbocycles. The second kappa shape index (κ2) is 4.33. The highest BCUT2D eigenvalue weighted by Gasteiger charge is 2.46. The van der Waals surface area contributed by atoms with Crippen molar-refractivity contribution in [3.05, 3.63) is 0 Å². The Balaban J connectivity index is 2.33. The molecule has 2 nitrogen and oxygen atoms in total. The van der Waals surface area contributed by atoms with E-state index in [-0.39, 0.29) is 11.8 Å². The average molecular weight is 197 g/mol. The molecule has 0 bridgehead atoms. The second-order valence-corrected chi connectivity index (χ2v) is 5.15. The molecule has 1 rings (SSSR count). The third kappa shape index (κ3) is 2.73. The van der Waals surface area contributed by atoms with E-state index in [0.29, 0.717) is 11.5 Å². The summed E-state index contributed by atoms with van der Waals surface area (Å²) < 4.78 is 0. The summed E-state index contributed by atoms with van der Waals surface area (Å²) in [6.45, 7) is 8.65. The number of nitrogens with one attached hydrogen (secondary N) is 1. The minimum absolute atomic E-state index is 0.233. The van der Waals surface area contributed by atoms with Crippen molar-refractivity contribution in [1.82, 2.24) is 5.32 Å². The zero-order valence-corrected chi connectivity index (χ0v) is 9.89. The molecule has 1 saturated carbocycles. The number of amides is 1. The van der Waals surface area contributed by atoms with Crippen LogP contribution in [-0.4, -0.2) is 11.9 Å². The van der Waals surface area contributed by atoms with E-state index in [1.807, 2.05) is 0 Å². The Hall–Kier alpha value is -0.530. The van der Waals surface area contributed by atoms with Gasteiger partial charge >= 0.3 is 0 Å². The van der Waals surface area contributed by atoms with Gasteiger partial charge in [0.1, 0.15) is 0 Å². The summed E-state index contributed by atoms with van der Waals surface area (Å²) in [6.07, 6.45) is 4.23. The van der Waals surface area contributed by atoms with Crippen LogP contribution >= 0.6 is 0 Å². The minimum atomic E-state index is 0.233. The van der Waals surface area contributed by atoms with Crippen LogP contribution in [0.4, 0.5) is 0 Å². The number of hydrogen-bond acceptors (Lipinski definition) is 1. The van der Waals surface area contributed by atoms with Crippen LogP contribution in [0.2, 0.25) is 0 Å². The van der Waals surface area contributed by atoms with Gasteiger partial charge in [-0.25, -0.2) is 0 Å². The average Bonchev–Trinajstić information content (AvgIpc) is 2.69. The molecule has 0 saturated heterocycles. The minimum Gasteiger partial charge on any atom is -0.353 e. The molecule has 2 unspecified atom stereocenters. The van der Waals surface area contributed by atoms with Gasteiger partial charge in [-0.2, -0.15) is 0 Å². The number of rotatable bonds is 5. The van der Waals surface area contributed by atoms with Crippen LogP contribution in [0.1, 0.15) is 53.4 Å². The van der Waals surface area contributed by atoms with Crippen LogP contribution < -0.4 is 5.32 Å². The molecule has 2 heteroatoms. The van der Waals surface area contributed by atoms with Gasteiger partial charge in [0.2, 0.25) is 5.91 Å². The molecule has 0 heterocycles. The Morgan fingerprint density at radius 2 is 2.07 bits per heavy atom. The van der Waals surface area contributed by atoms with Crippen molar-refractivity contribution in [2.45, 2.75) is 59.4 Å². The molecule has 1 N–H and O–H groups in total. The van der Waals surface area contributed by atoms with E-state index < -0.39 is 0 Å².